The van der Waals surface area contributed by atoms with Crippen molar-refractivity contribution in [2.45, 2.75) is 56.7 Å². The Kier molecular flexibility index (Phi) is 7.79. The fourth-order valence-corrected chi connectivity index (χ4v) is 6.36. The van der Waals surface area contributed by atoms with E-state index in [1.165, 1.54) is 18.5 Å². The van der Waals surface area contributed by atoms with Crippen LogP contribution in [0.5, 0.6) is 0 Å². The molecule has 2 aliphatic rings. The summed E-state index contributed by atoms with van der Waals surface area (Å²) in [6.45, 7) is 2.36. The minimum Gasteiger partial charge on any atom is -0.396 e. The van der Waals surface area contributed by atoms with E-state index in [1.807, 2.05) is 43.1 Å². The van der Waals surface area contributed by atoms with E-state index in [2.05, 4.69) is 15.0 Å². The molecule has 2 N–H and O–H groups in total. The normalized spacial score (nSPS) is 22.9. The van der Waals surface area contributed by atoms with Crippen molar-refractivity contribution in [3.63, 3.8) is 0 Å². The van der Waals surface area contributed by atoms with Crippen molar-refractivity contribution >= 4 is 11.6 Å². The molecule has 2 atom stereocenters. The molecule has 222 valence electrons. The molecule has 2 aromatic carbocycles. The maximum atomic E-state index is 16.7. The van der Waals surface area contributed by atoms with Gasteiger partial charge in [-0.15, -0.1) is 0 Å². The van der Waals surface area contributed by atoms with Crippen molar-refractivity contribution in [2.24, 2.45) is 13.0 Å². The number of nitrogens with zero attached hydrogens (tertiary/aromatic N) is 6. The highest BCUT2D eigenvalue weighted by Crippen LogP contribution is 2.51. The molecule has 2 aromatic heterocycles. The van der Waals surface area contributed by atoms with Crippen LogP contribution in [0.2, 0.25) is 5.02 Å². The maximum Gasteiger partial charge on any atom is 0.178 e. The number of ether oxygens (including phenoxy) is 1. The van der Waals surface area contributed by atoms with Crippen molar-refractivity contribution in [2.75, 3.05) is 6.61 Å². The third-order valence-corrected chi connectivity index (χ3v) is 8.88. The van der Waals surface area contributed by atoms with Crippen LogP contribution >= 0.6 is 11.6 Å². The van der Waals surface area contributed by atoms with Crippen LogP contribution in [0, 0.1) is 23.1 Å². The van der Waals surface area contributed by atoms with Gasteiger partial charge in [0.2, 0.25) is 0 Å². The first-order valence-corrected chi connectivity index (χ1v) is 14.6. The highest BCUT2D eigenvalue weighted by Gasteiger charge is 2.53. The fourth-order valence-electron chi connectivity index (χ4n) is 6.24. The fraction of sp³-hybridized carbons (Fsp3) is 0.375. The van der Waals surface area contributed by atoms with Gasteiger partial charge < -0.3 is 19.5 Å². The molecule has 1 saturated carbocycles. The molecule has 0 saturated heterocycles. The summed E-state index contributed by atoms with van der Waals surface area (Å²) in [7, 11) is 1.82. The highest BCUT2D eigenvalue weighted by molar-refractivity contribution is 6.30. The number of aryl methyl sites for hydroxylation is 1. The summed E-state index contributed by atoms with van der Waals surface area (Å²) >= 11 is 6.28. The Morgan fingerprint density at radius 2 is 1.91 bits per heavy atom. The lowest BCUT2D eigenvalue weighted by Crippen LogP contribution is -2.50. The van der Waals surface area contributed by atoms with Crippen LogP contribution in [-0.4, -0.2) is 47.3 Å². The van der Waals surface area contributed by atoms with Crippen LogP contribution in [0.25, 0.3) is 0 Å². The number of aliphatic hydroxyl groups excluding tert-OH is 1. The van der Waals surface area contributed by atoms with Gasteiger partial charge in [-0.25, -0.2) is 19.3 Å². The zero-order chi connectivity index (χ0) is 30.4. The number of imidazole rings is 1. The summed E-state index contributed by atoms with van der Waals surface area (Å²) in [5.74, 6) is 0.0370. The van der Waals surface area contributed by atoms with Crippen LogP contribution in [-0.2, 0) is 36.2 Å². The van der Waals surface area contributed by atoms with E-state index in [0.29, 0.717) is 57.2 Å². The molecule has 1 aliphatic carbocycles. The number of hydrogen-bond acceptors (Lipinski definition) is 8. The Bertz CT molecular complexity index is 1670. The molecule has 9 nitrogen and oxygen atoms in total. The molecule has 4 aromatic rings. The predicted molar refractivity (Wildman–Crippen MR) is 156 cm³/mol. The molecule has 0 bridgehead atoms. The lowest BCUT2D eigenvalue weighted by atomic mass is 9.81. The van der Waals surface area contributed by atoms with E-state index in [-0.39, 0.29) is 38.1 Å². The van der Waals surface area contributed by atoms with Crippen molar-refractivity contribution < 1.29 is 19.3 Å². The third kappa shape index (κ3) is 5.11. The Hall–Kier alpha value is -3.72. The van der Waals surface area contributed by atoms with Gasteiger partial charge in [-0.1, -0.05) is 36.7 Å². The average Bonchev–Trinajstić information content (AvgIpc) is 3.57. The van der Waals surface area contributed by atoms with Gasteiger partial charge in [0.15, 0.2) is 5.72 Å². The smallest absolute Gasteiger partial charge is 0.178 e. The van der Waals surface area contributed by atoms with Crippen LogP contribution in [0.3, 0.4) is 0 Å². The second-order valence-corrected chi connectivity index (χ2v) is 11.8. The first kappa shape index (κ1) is 29.4. The van der Waals surface area contributed by atoms with Gasteiger partial charge in [0, 0.05) is 54.9 Å². The van der Waals surface area contributed by atoms with Crippen LogP contribution in [0.15, 0.2) is 61.3 Å². The number of fused-ring (bicyclic) bond motifs is 1. The lowest BCUT2D eigenvalue weighted by molar-refractivity contribution is -0.198. The molecular formula is C32H32ClFN6O3. The molecule has 0 radical (unpaired) electrons. The third-order valence-electron chi connectivity index (χ3n) is 8.63. The number of halogens is 2. The lowest BCUT2D eigenvalue weighted by Gasteiger charge is -2.46. The summed E-state index contributed by atoms with van der Waals surface area (Å²) in [5, 5.41) is 31.3. The summed E-state index contributed by atoms with van der Waals surface area (Å²) in [5.41, 5.74) is -0.0369. The molecule has 1 fully saturated rings. The predicted octanol–water partition coefficient (Wildman–Crippen LogP) is 4.52. The number of nitriles is 1. The molecule has 1 aliphatic heterocycles. The van der Waals surface area contributed by atoms with Gasteiger partial charge >= 0.3 is 0 Å². The highest BCUT2D eigenvalue weighted by atomic mass is 35.5. The van der Waals surface area contributed by atoms with E-state index >= 15 is 4.39 Å². The number of benzene rings is 2. The van der Waals surface area contributed by atoms with Gasteiger partial charge in [-0.2, -0.15) is 5.26 Å². The molecular weight excluding hydrogens is 571 g/mol. The van der Waals surface area contributed by atoms with Crippen molar-refractivity contribution in [1.82, 2.24) is 24.4 Å². The quantitative estimate of drug-likeness (QED) is 0.287. The van der Waals surface area contributed by atoms with Crippen LogP contribution < -0.4 is 0 Å². The first-order chi connectivity index (χ1) is 20.7. The molecule has 3 heterocycles. The topological polar surface area (TPSA) is 120 Å². The van der Waals surface area contributed by atoms with Gasteiger partial charge in [0.25, 0.3) is 0 Å². The van der Waals surface area contributed by atoms with E-state index < -0.39 is 17.1 Å². The molecule has 0 amide bonds. The number of rotatable bonds is 9. The molecule has 0 spiro atoms. The number of aromatic nitrogens is 4. The van der Waals surface area contributed by atoms with Gasteiger partial charge in [0.05, 0.1) is 30.2 Å². The Balaban J connectivity index is 1.52. The monoisotopic (exact) mass is 602 g/mol. The summed E-state index contributed by atoms with van der Waals surface area (Å²) < 4.78 is 25.4. The minimum atomic E-state index is -1.51. The second kappa shape index (κ2) is 11.4. The van der Waals surface area contributed by atoms with Gasteiger partial charge in [-0.05, 0) is 54.5 Å². The summed E-state index contributed by atoms with van der Waals surface area (Å²) in [6, 6.07) is 12.4. The van der Waals surface area contributed by atoms with E-state index in [0.717, 1.165) is 0 Å². The zero-order valence-corrected chi connectivity index (χ0v) is 24.7. The largest absolute Gasteiger partial charge is 0.396 e. The van der Waals surface area contributed by atoms with Crippen molar-refractivity contribution in [3.05, 3.63) is 111 Å². The standard InChI is InChI=1S/C32H32ClFN6O3/c1-3-31(42,28-16-39(2)19-38-28)24-10-22-15-40(17-29-36-13-21(12-35)14-37-29)32(30(22)27(34)11-24,23-4-6-25(33)7-5-23)43-26-8-20(9-26)18-41/h4-7,10-11,13-14,16,19-20,26,41-42H,3,8-9,15,17-18H2,1-2H3/t20?,26?,31?,32-/m1/s1. The van der Waals surface area contributed by atoms with Crippen LogP contribution in [0.1, 0.15) is 65.5 Å². The maximum absolute atomic E-state index is 16.7. The Morgan fingerprint density at radius 3 is 2.51 bits per heavy atom. The zero-order valence-electron chi connectivity index (χ0n) is 23.9. The van der Waals surface area contributed by atoms with Crippen molar-refractivity contribution in [3.8, 4) is 6.07 Å². The van der Waals surface area contributed by atoms with Crippen LogP contribution in [0.4, 0.5) is 4.39 Å². The second-order valence-electron chi connectivity index (χ2n) is 11.4. The van der Waals surface area contributed by atoms with Gasteiger partial charge in [0.1, 0.15) is 23.3 Å². The van der Waals surface area contributed by atoms with E-state index in [4.69, 9.17) is 16.3 Å². The Morgan fingerprint density at radius 1 is 1.19 bits per heavy atom. The average molecular weight is 603 g/mol. The summed E-state index contributed by atoms with van der Waals surface area (Å²) in [4.78, 5) is 15.1. The van der Waals surface area contributed by atoms with Crippen molar-refractivity contribution in [1.29, 1.82) is 5.26 Å². The van der Waals surface area contributed by atoms with E-state index in [9.17, 15) is 15.5 Å². The minimum absolute atomic E-state index is 0.0635. The molecule has 11 heteroatoms. The molecule has 1 unspecified atom stereocenters. The number of hydrogen-bond donors (Lipinski definition) is 2. The van der Waals surface area contributed by atoms with Gasteiger partial charge in [-0.3, -0.25) is 4.90 Å². The molecule has 43 heavy (non-hydrogen) atoms. The SMILES string of the molecule is CCC(O)(c1cc(F)c2c(c1)CN(Cc1ncc(C#N)cn1)[C@@]2(OC1CC(CO)C1)c1ccc(Cl)cc1)c1cn(C)cn1. The Labute approximate surface area is 254 Å². The van der Waals surface area contributed by atoms with E-state index in [1.54, 1.807) is 29.2 Å². The first-order valence-electron chi connectivity index (χ1n) is 14.2. The molecule has 6 rings (SSSR count). The number of aliphatic hydroxyl groups is 2. The summed E-state index contributed by atoms with van der Waals surface area (Å²) in [6.07, 6.45) is 7.59.